The third kappa shape index (κ3) is 3.10. The van der Waals surface area contributed by atoms with Gasteiger partial charge in [0.05, 0.1) is 11.6 Å². The number of halogens is 1. The Kier molecular flexibility index (Phi) is 4.00. The van der Waals surface area contributed by atoms with Gasteiger partial charge in [-0.05, 0) is 22.0 Å². The zero-order valence-electron chi connectivity index (χ0n) is 11.8. The van der Waals surface area contributed by atoms with Crippen molar-refractivity contribution in [2.75, 3.05) is 18.0 Å². The molecule has 0 aliphatic carbocycles. The number of carbonyl (C=O) groups is 1. The smallest absolute Gasteiger partial charge is 0.225 e. The Labute approximate surface area is 127 Å². The van der Waals surface area contributed by atoms with Crippen LogP contribution in [0.25, 0.3) is 0 Å². The van der Waals surface area contributed by atoms with E-state index in [1.54, 1.807) is 12.3 Å². The molecule has 0 aromatic carbocycles. The van der Waals surface area contributed by atoms with Crippen LogP contribution in [-0.2, 0) is 4.79 Å². The molecular weight excluding hydrogens is 320 g/mol. The summed E-state index contributed by atoms with van der Waals surface area (Å²) in [6.07, 6.45) is 1.68. The average molecular weight is 337 g/mol. The molecule has 0 radical (unpaired) electrons. The molecule has 1 aliphatic heterocycles. The van der Waals surface area contributed by atoms with Crippen LogP contribution in [0.5, 0.6) is 0 Å². The molecule has 0 bridgehead atoms. The van der Waals surface area contributed by atoms with Crippen LogP contribution in [0.2, 0.25) is 0 Å². The van der Waals surface area contributed by atoms with Gasteiger partial charge in [-0.15, -0.1) is 0 Å². The standard InChI is InChI=1S/C14H17BrN4O/c1-14(2,3)13(20)18-11-7-19(8-11)12-9(5-16)4-10(15)6-17-12/h4,6,11H,7-8H2,1-3H3,(H,18,20). The molecular formula is C14H17BrN4O. The molecule has 5 nitrogen and oxygen atoms in total. The highest BCUT2D eigenvalue weighted by Gasteiger charge is 2.33. The van der Waals surface area contributed by atoms with Gasteiger partial charge in [0.25, 0.3) is 0 Å². The number of aromatic nitrogens is 1. The maximum absolute atomic E-state index is 11.9. The van der Waals surface area contributed by atoms with Crippen LogP contribution in [0.1, 0.15) is 26.3 Å². The number of amides is 1. The summed E-state index contributed by atoms with van der Waals surface area (Å²) in [5, 5.41) is 12.1. The molecule has 6 heteroatoms. The van der Waals surface area contributed by atoms with Crippen LogP contribution < -0.4 is 10.2 Å². The minimum Gasteiger partial charge on any atom is -0.351 e. The van der Waals surface area contributed by atoms with Crippen LogP contribution in [0.15, 0.2) is 16.7 Å². The van der Waals surface area contributed by atoms with Gasteiger partial charge in [-0.25, -0.2) is 4.98 Å². The first-order chi connectivity index (χ1) is 9.31. The Morgan fingerprint density at radius 2 is 2.20 bits per heavy atom. The molecule has 1 aliphatic rings. The van der Waals surface area contributed by atoms with Crippen molar-refractivity contribution in [3.63, 3.8) is 0 Å². The van der Waals surface area contributed by atoms with Crippen molar-refractivity contribution in [1.29, 1.82) is 5.26 Å². The first-order valence-electron chi connectivity index (χ1n) is 6.43. The molecule has 1 N–H and O–H groups in total. The van der Waals surface area contributed by atoms with E-state index in [1.165, 1.54) is 0 Å². The third-order valence-corrected chi connectivity index (χ3v) is 3.58. The van der Waals surface area contributed by atoms with Crippen molar-refractivity contribution < 1.29 is 4.79 Å². The number of hydrogen-bond donors (Lipinski definition) is 1. The number of hydrogen-bond acceptors (Lipinski definition) is 4. The highest BCUT2D eigenvalue weighted by molar-refractivity contribution is 9.10. The zero-order chi connectivity index (χ0) is 14.9. The van der Waals surface area contributed by atoms with E-state index in [-0.39, 0.29) is 17.4 Å². The monoisotopic (exact) mass is 336 g/mol. The Morgan fingerprint density at radius 1 is 1.55 bits per heavy atom. The number of anilines is 1. The van der Waals surface area contributed by atoms with Crippen molar-refractivity contribution in [1.82, 2.24) is 10.3 Å². The molecule has 2 rings (SSSR count). The number of pyridine rings is 1. The predicted molar refractivity (Wildman–Crippen MR) is 80.3 cm³/mol. The Balaban J connectivity index is 1.98. The summed E-state index contributed by atoms with van der Waals surface area (Å²) in [6, 6.07) is 4.02. The molecule has 20 heavy (non-hydrogen) atoms. The quantitative estimate of drug-likeness (QED) is 0.897. The van der Waals surface area contributed by atoms with Crippen molar-refractivity contribution in [3.8, 4) is 6.07 Å². The fourth-order valence-electron chi connectivity index (χ4n) is 1.91. The second kappa shape index (κ2) is 5.41. The van der Waals surface area contributed by atoms with E-state index in [0.29, 0.717) is 24.5 Å². The molecule has 1 saturated heterocycles. The average Bonchev–Trinajstić information content (AvgIpc) is 2.32. The first-order valence-corrected chi connectivity index (χ1v) is 7.22. The maximum atomic E-state index is 11.9. The van der Waals surface area contributed by atoms with Crippen molar-refractivity contribution in [2.24, 2.45) is 5.41 Å². The molecule has 106 valence electrons. The number of nitrogens with zero attached hydrogens (tertiary/aromatic N) is 3. The van der Waals surface area contributed by atoms with E-state index >= 15 is 0 Å². The normalized spacial score (nSPS) is 15.4. The highest BCUT2D eigenvalue weighted by Crippen LogP contribution is 2.25. The summed E-state index contributed by atoms with van der Waals surface area (Å²) in [7, 11) is 0. The molecule has 1 aromatic rings. The second-order valence-electron chi connectivity index (χ2n) is 5.96. The molecule has 1 fully saturated rings. The molecule has 1 aromatic heterocycles. The van der Waals surface area contributed by atoms with Crippen molar-refractivity contribution >= 4 is 27.7 Å². The van der Waals surface area contributed by atoms with Gasteiger partial charge >= 0.3 is 0 Å². The van der Waals surface area contributed by atoms with Gasteiger partial charge in [0, 0.05) is 29.2 Å². The second-order valence-corrected chi connectivity index (χ2v) is 6.88. The molecule has 0 spiro atoms. The minimum absolute atomic E-state index is 0.0476. The Hall–Kier alpha value is -1.61. The lowest BCUT2D eigenvalue weighted by atomic mass is 9.94. The largest absolute Gasteiger partial charge is 0.351 e. The fraction of sp³-hybridized carbons (Fsp3) is 0.500. The lowest BCUT2D eigenvalue weighted by molar-refractivity contribution is -0.129. The maximum Gasteiger partial charge on any atom is 0.225 e. The highest BCUT2D eigenvalue weighted by atomic mass is 79.9. The van der Waals surface area contributed by atoms with Crippen molar-refractivity contribution in [2.45, 2.75) is 26.8 Å². The van der Waals surface area contributed by atoms with Crippen LogP contribution in [0.3, 0.4) is 0 Å². The van der Waals surface area contributed by atoms with Gasteiger partial charge in [-0.1, -0.05) is 20.8 Å². The van der Waals surface area contributed by atoms with Gasteiger partial charge < -0.3 is 10.2 Å². The van der Waals surface area contributed by atoms with E-state index in [9.17, 15) is 4.79 Å². The summed E-state index contributed by atoms with van der Waals surface area (Å²) in [5.41, 5.74) is 0.161. The van der Waals surface area contributed by atoms with E-state index in [1.807, 2.05) is 25.7 Å². The summed E-state index contributed by atoms with van der Waals surface area (Å²) < 4.78 is 0.788. The number of nitrogens with one attached hydrogen (secondary N) is 1. The van der Waals surface area contributed by atoms with Crippen LogP contribution in [-0.4, -0.2) is 30.0 Å². The number of rotatable bonds is 2. The minimum atomic E-state index is -0.381. The summed E-state index contributed by atoms with van der Waals surface area (Å²) >= 11 is 3.30. The predicted octanol–water partition coefficient (Wildman–Crippen LogP) is 2.07. The lowest BCUT2D eigenvalue weighted by Crippen LogP contribution is -2.61. The number of nitriles is 1. The van der Waals surface area contributed by atoms with E-state index in [4.69, 9.17) is 5.26 Å². The van der Waals surface area contributed by atoms with Crippen molar-refractivity contribution in [3.05, 3.63) is 22.3 Å². The molecule has 1 amide bonds. The van der Waals surface area contributed by atoms with Crippen LogP contribution in [0.4, 0.5) is 5.82 Å². The lowest BCUT2D eigenvalue weighted by Gasteiger charge is -2.41. The topological polar surface area (TPSA) is 69.0 Å². The zero-order valence-corrected chi connectivity index (χ0v) is 13.4. The summed E-state index contributed by atoms with van der Waals surface area (Å²) in [5.74, 6) is 0.725. The summed E-state index contributed by atoms with van der Waals surface area (Å²) in [4.78, 5) is 18.2. The third-order valence-electron chi connectivity index (χ3n) is 3.15. The Bertz CT molecular complexity index is 568. The SMILES string of the molecule is CC(C)(C)C(=O)NC1CN(c2ncc(Br)cc2C#N)C1. The van der Waals surface area contributed by atoms with Crippen LogP contribution >= 0.6 is 15.9 Å². The molecule has 0 unspecified atom stereocenters. The van der Waals surface area contributed by atoms with Crippen LogP contribution in [0, 0.1) is 16.7 Å². The Morgan fingerprint density at radius 3 is 2.75 bits per heavy atom. The van der Waals surface area contributed by atoms with Gasteiger partial charge in [-0.2, -0.15) is 5.26 Å². The van der Waals surface area contributed by atoms with E-state index < -0.39 is 0 Å². The van der Waals surface area contributed by atoms with E-state index in [2.05, 4.69) is 32.3 Å². The fourth-order valence-corrected chi connectivity index (χ4v) is 2.24. The van der Waals surface area contributed by atoms with E-state index in [0.717, 1.165) is 4.47 Å². The number of carbonyl (C=O) groups excluding carboxylic acids is 1. The van der Waals surface area contributed by atoms with Gasteiger partial charge in [0.2, 0.25) is 5.91 Å². The van der Waals surface area contributed by atoms with Gasteiger partial charge in [0.1, 0.15) is 11.9 Å². The first kappa shape index (κ1) is 14.8. The molecule has 0 saturated carbocycles. The molecule has 2 heterocycles. The van der Waals surface area contributed by atoms with Gasteiger partial charge in [-0.3, -0.25) is 4.79 Å². The molecule has 0 atom stereocenters. The summed E-state index contributed by atoms with van der Waals surface area (Å²) in [6.45, 7) is 7.05. The van der Waals surface area contributed by atoms with Gasteiger partial charge in [0.15, 0.2) is 0 Å².